The number of ketones is 1. The highest BCUT2D eigenvalue weighted by Crippen LogP contribution is 2.44. The summed E-state index contributed by atoms with van der Waals surface area (Å²) in [5.41, 5.74) is 1.66. The number of halogens is 2. The molecule has 0 radical (unpaired) electrons. The topological polar surface area (TPSA) is 66.8 Å². The Balaban J connectivity index is 2.03. The number of carbonyl (C=O) groups excluding carboxylic acids is 2. The van der Waals surface area contributed by atoms with Crippen molar-refractivity contribution in [2.45, 2.75) is 19.9 Å². The first-order valence-electron chi connectivity index (χ1n) is 10.2. The number of amides is 1. The second-order valence-electron chi connectivity index (χ2n) is 7.83. The molecule has 5 nitrogen and oxygen atoms in total. The van der Waals surface area contributed by atoms with Gasteiger partial charge in [-0.05, 0) is 61.4 Å². The van der Waals surface area contributed by atoms with Gasteiger partial charge in [-0.2, -0.15) is 0 Å². The molecule has 1 saturated heterocycles. The van der Waals surface area contributed by atoms with Crippen molar-refractivity contribution in [3.63, 3.8) is 0 Å². The molecule has 1 fully saturated rings. The molecule has 3 aromatic rings. The van der Waals surface area contributed by atoms with Crippen molar-refractivity contribution in [1.82, 2.24) is 0 Å². The van der Waals surface area contributed by atoms with Crippen LogP contribution in [0.25, 0.3) is 5.76 Å². The van der Waals surface area contributed by atoms with Crippen LogP contribution in [0.3, 0.4) is 0 Å². The average Bonchev–Trinajstić information content (AvgIpc) is 3.04. The third-order valence-corrected chi connectivity index (χ3v) is 5.63. The number of aliphatic hydroxyl groups is 1. The predicted octanol–water partition coefficient (Wildman–Crippen LogP) is 5.22. The third-order valence-electron chi connectivity index (χ3n) is 5.63. The number of anilines is 1. The minimum absolute atomic E-state index is 0.0194. The molecule has 0 spiro atoms. The number of hydrogen-bond donors (Lipinski definition) is 1. The van der Waals surface area contributed by atoms with E-state index in [0.29, 0.717) is 11.3 Å². The van der Waals surface area contributed by atoms with Crippen LogP contribution in [0.4, 0.5) is 14.5 Å². The molecule has 1 atom stereocenters. The lowest BCUT2D eigenvalue weighted by atomic mass is 9.93. The van der Waals surface area contributed by atoms with Crippen molar-refractivity contribution < 1.29 is 28.2 Å². The number of aryl methyl sites for hydroxylation is 2. The minimum atomic E-state index is -1.26. The summed E-state index contributed by atoms with van der Waals surface area (Å²) in [5.74, 6) is -3.27. The maximum Gasteiger partial charge on any atom is 0.300 e. The van der Waals surface area contributed by atoms with E-state index in [4.69, 9.17) is 4.74 Å². The fourth-order valence-electron chi connectivity index (χ4n) is 4.24. The number of methoxy groups -OCH3 is 1. The van der Waals surface area contributed by atoms with Crippen LogP contribution in [-0.4, -0.2) is 23.9 Å². The molecule has 1 unspecified atom stereocenters. The van der Waals surface area contributed by atoms with Gasteiger partial charge in [-0.3, -0.25) is 14.5 Å². The molecule has 4 rings (SSSR count). The van der Waals surface area contributed by atoms with Crippen LogP contribution in [0.1, 0.15) is 28.3 Å². The summed E-state index contributed by atoms with van der Waals surface area (Å²) < 4.78 is 33.9. The van der Waals surface area contributed by atoms with Gasteiger partial charge in [0.1, 0.15) is 23.1 Å². The molecule has 7 heteroatoms. The van der Waals surface area contributed by atoms with Crippen LogP contribution in [0.15, 0.2) is 66.2 Å². The number of Topliss-reactive ketones (excluding diaryl/α,β-unsaturated/α-hetero) is 1. The number of carbonyl (C=O) groups is 2. The van der Waals surface area contributed by atoms with E-state index in [0.717, 1.165) is 22.6 Å². The first kappa shape index (κ1) is 22.2. The molecule has 0 aliphatic carbocycles. The third kappa shape index (κ3) is 3.75. The molecule has 1 heterocycles. The van der Waals surface area contributed by atoms with Gasteiger partial charge in [-0.25, -0.2) is 8.78 Å². The van der Waals surface area contributed by atoms with E-state index in [1.165, 1.54) is 37.4 Å². The number of hydrogen-bond acceptors (Lipinski definition) is 4. The SMILES string of the molecule is COc1c(C)cc(C)cc1/C(O)=C1\C(=O)C(=O)N(c2ccc(F)cc2)C1c1ccccc1F. The molecule has 1 amide bonds. The average molecular weight is 449 g/mol. The van der Waals surface area contributed by atoms with Crippen LogP contribution < -0.4 is 9.64 Å². The number of ether oxygens (including phenoxy) is 1. The summed E-state index contributed by atoms with van der Waals surface area (Å²) in [4.78, 5) is 27.4. The molecule has 0 aromatic heterocycles. The standard InChI is InChI=1S/C26H21F2NO4/c1-14-12-15(2)25(33-3)19(13-14)23(30)21-22(18-6-4-5-7-20(18)28)29(26(32)24(21)31)17-10-8-16(27)9-11-17/h4-13,22,30H,1-3H3/b23-21+. The zero-order valence-corrected chi connectivity index (χ0v) is 18.2. The molecular weight excluding hydrogens is 428 g/mol. The number of aliphatic hydroxyl groups excluding tert-OH is 1. The highest BCUT2D eigenvalue weighted by molar-refractivity contribution is 6.51. The fraction of sp³-hybridized carbons (Fsp3) is 0.154. The normalized spacial score (nSPS) is 17.5. The zero-order valence-electron chi connectivity index (χ0n) is 18.2. The van der Waals surface area contributed by atoms with Gasteiger partial charge in [0.25, 0.3) is 11.7 Å². The molecule has 1 N–H and O–H groups in total. The van der Waals surface area contributed by atoms with E-state index >= 15 is 0 Å². The lowest BCUT2D eigenvalue weighted by molar-refractivity contribution is -0.132. The van der Waals surface area contributed by atoms with E-state index in [9.17, 15) is 23.5 Å². The quantitative estimate of drug-likeness (QED) is 0.337. The van der Waals surface area contributed by atoms with Crippen molar-refractivity contribution in [2.24, 2.45) is 0 Å². The summed E-state index contributed by atoms with van der Waals surface area (Å²) in [7, 11) is 1.43. The summed E-state index contributed by atoms with van der Waals surface area (Å²) in [6.45, 7) is 3.60. The first-order valence-corrected chi connectivity index (χ1v) is 10.2. The Labute approximate surface area is 189 Å². The highest BCUT2D eigenvalue weighted by atomic mass is 19.1. The van der Waals surface area contributed by atoms with Crippen LogP contribution in [0.5, 0.6) is 5.75 Å². The van der Waals surface area contributed by atoms with E-state index in [1.54, 1.807) is 19.1 Å². The summed E-state index contributed by atoms with van der Waals surface area (Å²) >= 11 is 0. The Morgan fingerprint density at radius 3 is 2.30 bits per heavy atom. The van der Waals surface area contributed by atoms with Crippen LogP contribution in [-0.2, 0) is 9.59 Å². The summed E-state index contributed by atoms with van der Waals surface area (Å²) in [6, 6.07) is 12.8. The van der Waals surface area contributed by atoms with Crippen LogP contribution >= 0.6 is 0 Å². The number of rotatable bonds is 4. The summed E-state index contributed by atoms with van der Waals surface area (Å²) in [5, 5.41) is 11.3. The molecule has 3 aromatic carbocycles. The van der Waals surface area contributed by atoms with Gasteiger partial charge < -0.3 is 9.84 Å². The Morgan fingerprint density at radius 1 is 1.00 bits per heavy atom. The molecule has 33 heavy (non-hydrogen) atoms. The van der Waals surface area contributed by atoms with Crippen LogP contribution in [0.2, 0.25) is 0 Å². The second-order valence-corrected chi connectivity index (χ2v) is 7.83. The monoisotopic (exact) mass is 449 g/mol. The second kappa shape index (κ2) is 8.50. The van der Waals surface area contributed by atoms with Crippen LogP contribution in [0, 0.1) is 25.5 Å². The Kier molecular flexibility index (Phi) is 5.72. The van der Waals surface area contributed by atoms with Crippen molar-refractivity contribution in [3.8, 4) is 5.75 Å². The first-order chi connectivity index (χ1) is 15.7. The smallest absolute Gasteiger partial charge is 0.300 e. The largest absolute Gasteiger partial charge is 0.507 e. The van der Waals surface area contributed by atoms with Crippen molar-refractivity contribution in [3.05, 3.63) is 100 Å². The van der Waals surface area contributed by atoms with Gasteiger partial charge in [0.2, 0.25) is 0 Å². The molecule has 0 saturated carbocycles. The minimum Gasteiger partial charge on any atom is -0.507 e. The molecule has 0 bridgehead atoms. The molecule has 1 aliphatic heterocycles. The predicted molar refractivity (Wildman–Crippen MR) is 120 cm³/mol. The highest BCUT2D eigenvalue weighted by Gasteiger charge is 2.48. The Hall–Kier alpha value is -4.00. The van der Waals surface area contributed by atoms with E-state index < -0.39 is 35.1 Å². The molecule has 168 valence electrons. The maximum absolute atomic E-state index is 14.9. The fourth-order valence-corrected chi connectivity index (χ4v) is 4.24. The van der Waals surface area contributed by atoms with Crippen molar-refractivity contribution in [2.75, 3.05) is 12.0 Å². The van der Waals surface area contributed by atoms with Gasteiger partial charge in [-0.15, -0.1) is 0 Å². The van der Waals surface area contributed by atoms with Gasteiger partial charge in [0.05, 0.1) is 24.3 Å². The lowest BCUT2D eigenvalue weighted by Gasteiger charge is -2.26. The Bertz CT molecular complexity index is 1300. The van der Waals surface area contributed by atoms with Gasteiger partial charge >= 0.3 is 0 Å². The number of nitrogens with zero attached hydrogens (tertiary/aromatic N) is 1. The number of benzene rings is 3. The van der Waals surface area contributed by atoms with E-state index in [1.807, 2.05) is 13.0 Å². The molecular formula is C26H21F2NO4. The molecule has 1 aliphatic rings. The maximum atomic E-state index is 14.9. The van der Waals surface area contributed by atoms with Crippen molar-refractivity contribution in [1.29, 1.82) is 0 Å². The van der Waals surface area contributed by atoms with E-state index in [-0.39, 0.29) is 22.4 Å². The van der Waals surface area contributed by atoms with Crippen molar-refractivity contribution >= 4 is 23.1 Å². The van der Waals surface area contributed by atoms with Gasteiger partial charge in [0, 0.05) is 11.3 Å². The lowest BCUT2D eigenvalue weighted by Crippen LogP contribution is -2.29. The van der Waals surface area contributed by atoms with Gasteiger partial charge in [0.15, 0.2) is 0 Å². The zero-order chi connectivity index (χ0) is 23.9. The summed E-state index contributed by atoms with van der Waals surface area (Å²) in [6.07, 6.45) is 0. The van der Waals surface area contributed by atoms with Gasteiger partial charge in [-0.1, -0.05) is 24.3 Å². The van der Waals surface area contributed by atoms with E-state index in [2.05, 4.69) is 0 Å². The Morgan fingerprint density at radius 2 is 1.67 bits per heavy atom.